The Balaban J connectivity index is 1.38. The average Bonchev–Trinajstić information content (AvgIpc) is 2.92. The van der Waals surface area contributed by atoms with E-state index in [1.54, 1.807) is 0 Å². The van der Waals surface area contributed by atoms with E-state index in [1.165, 1.54) is 48.2 Å². The molecule has 1 N–H and O–H groups in total. The molecule has 0 amide bonds. The predicted molar refractivity (Wildman–Crippen MR) is 89.4 cm³/mol. The molecule has 3 rings (SSSR count). The lowest BCUT2D eigenvalue weighted by atomic mass is 10.1. The van der Waals surface area contributed by atoms with Gasteiger partial charge in [-0.1, -0.05) is 0 Å². The highest BCUT2D eigenvalue weighted by atomic mass is 79.9. The van der Waals surface area contributed by atoms with Gasteiger partial charge in [-0.05, 0) is 54.9 Å². The van der Waals surface area contributed by atoms with Crippen molar-refractivity contribution in [3.05, 3.63) is 20.8 Å². The molecule has 112 valence electrons. The first-order valence-corrected chi connectivity index (χ1v) is 9.27. The summed E-state index contributed by atoms with van der Waals surface area (Å²) in [6.45, 7) is 5.81. The van der Waals surface area contributed by atoms with Gasteiger partial charge in [0, 0.05) is 53.0 Å². The number of thiophene rings is 1. The summed E-state index contributed by atoms with van der Waals surface area (Å²) in [5.74, 6) is 0. The lowest BCUT2D eigenvalue weighted by Gasteiger charge is -2.25. The van der Waals surface area contributed by atoms with Gasteiger partial charge in [-0.25, -0.2) is 0 Å². The van der Waals surface area contributed by atoms with Crippen LogP contribution in [0.5, 0.6) is 0 Å². The Morgan fingerprint density at radius 1 is 1.35 bits per heavy atom. The molecule has 2 saturated heterocycles. The zero-order valence-electron chi connectivity index (χ0n) is 12.1. The molecule has 5 heteroatoms. The van der Waals surface area contributed by atoms with Crippen LogP contribution in [0, 0.1) is 0 Å². The lowest BCUT2D eigenvalue weighted by Crippen LogP contribution is -2.39. The van der Waals surface area contributed by atoms with Gasteiger partial charge in [-0.3, -0.25) is 4.90 Å². The maximum Gasteiger partial charge on any atom is 0.0300 e. The van der Waals surface area contributed by atoms with Crippen molar-refractivity contribution in [2.45, 2.75) is 37.9 Å². The summed E-state index contributed by atoms with van der Waals surface area (Å²) < 4.78 is 1.20. The number of rotatable bonds is 5. The topological polar surface area (TPSA) is 18.5 Å². The molecule has 0 saturated carbocycles. The molecular formula is C15H24BrN3S. The minimum Gasteiger partial charge on any atom is -0.311 e. The Hall–Kier alpha value is 0.0600. The Bertz CT molecular complexity index is 437. The third kappa shape index (κ3) is 3.63. The molecule has 3 nitrogen and oxygen atoms in total. The van der Waals surface area contributed by atoms with Crippen molar-refractivity contribution >= 4 is 27.3 Å². The van der Waals surface area contributed by atoms with Crippen LogP contribution in [0.4, 0.5) is 0 Å². The van der Waals surface area contributed by atoms with Gasteiger partial charge >= 0.3 is 0 Å². The molecular weight excluding hydrogens is 334 g/mol. The molecule has 0 aromatic carbocycles. The highest BCUT2D eigenvalue weighted by molar-refractivity contribution is 9.10. The van der Waals surface area contributed by atoms with Crippen LogP contribution < -0.4 is 5.32 Å². The van der Waals surface area contributed by atoms with Crippen molar-refractivity contribution in [1.82, 2.24) is 15.1 Å². The quantitative estimate of drug-likeness (QED) is 0.817. The number of likely N-dealkylation sites (N-methyl/N-ethyl adjacent to an activating group) is 1. The monoisotopic (exact) mass is 357 g/mol. The number of halogens is 1. The fourth-order valence-corrected chi connectivity index (χ4v) is 4.90. The van der Waals surface area contributed by atoms with Gasteiger partial charge in [0.05, 0.1) is 0 Å². The number of nitrogens with zero attached hydrogens (tertiary/aromatic N) is 2. The zero-order chi connectivity index (χ0) is 13.9. The second-order valence-electron chi connectivity index (χ2n) is 6.05. The van der Waals surface area contributed by atoms with Gasteiger partial charge in [0.15, 0.2) is 0 Å². The molecule has 2 atom stereocenters. The van der Waals surface area contributed by atoms with Gasteiger partial charge in [-0.15, -0.1) is 11.3 Å². The van der Waals surface area contributed by atoms with Crippen LogP contribution in [-0.4, -0.2) is 55.1 Å². The molecule has 2 bridgehead atoms. The lowest BCUT2D eigenvalue weighted by molar-refractivity contribution is 0.219. The Morgan fingerprint density at radius 2 is 2.20 bits per heavy atom. The fourth-order valence-electron chi connectivity index (χ4n) is 3.48. The summed E-state index contributed by atoms with van der Waals surface area (Å²) >= 11 is 5.33. The van der Waals surface area contributed by atoms with Crippen molar-refractivity contribution in [1.29, 1.82) is 0 Å². The predicted octanol–water partition coefficient (Wildman–Crippen LogP) is 2.77. The summed E-state index contributed by atoms with van der Waals surface area (Å²) in [5, 5.41) is 5.72. The number of nitrogens with one attached hydrogen (secondary N) is 1. The van der Waals surface area contributed by atoms with Gasteiger partial charge in [0.25, 0.3) is 0 Å². The first-order valence-electron chi connectivity index (χ1n) is 7.60. The summed E-state index contributed by atoms with van der Waals surface area (Å²) in [6, 6.07) is 3.86. The van der Waals surface area contributed by atoms with Crippen LogP contribution in [0.15, 0.2) is 15.9 Å². The SMILES string of the molecule is CN1C2CCC1CN(CCNCc1cc(Br)cs1)CC2. The van der Waals surface area contributed by atoms with E-state index in [1.807, 2.05) is 11.3 Å². The number of fused-ring (bicyclic) bond motifs is 2. The van der Waals surface area contributed by atoms with Gasteiger partial charge in [-0.2, -0.15) is 0 Å². The van der Waals surface area contributed by atoms with E-state index in [4.69, 9.17) is 0 Å². The highest BCUT2D eigenvalue weighted by Crippen LogP contribution is 2.28. The summed E-state index contributed by atoms with van der Waals surface area (Å²) in [4.78, 5) is 6.68. The standard InChI is InChI=1S/C15H24BrN3S/c1-18-13-2-3-14(18)10-19(6-4-13)7-5-17-9-15-8-12(16)11-20-15/h8,11,13-14,17H,2-7,9-10H2,1H3. The molecule has 0 spiro atoms. The van der Waals surface area contributed by atoms with Crippen molar-refractivity contribution < 1.29 is 0 Å². The van der Waals surface area contributed by atoms with E-state index >= 15 is 0 Å². The summed E-state index contributed by atoms with van der Waals surface area (Å²) in [5.41, 5.74) is 0. The van der Waals surface area contributed by atoms with Crippen LogP contribution in [0.1, 0.15) is 24.1 Å². The van der Waals surface area contributed by atoms with Crippen molar-refractivity contribution in [3.8, 4) is 0 Å². The van der Waals surface area contributed by atoms with E-state index in [0.717, 1.165) is 25.2 Å². The van der Waals surface area contributed by atoms with Crippen molar-refractivity contribution in [2.75, 3.05) is 33.2 Å². The van der Waals surface area contributed by atoms with Crippen LogP contribution >= 0.6 is 27.3 Å². The zero-order valence-corrected chi connectivity index (χ0v) is 14.5. The Labute approximate surface area is 134 Å². The van der Waals surface area contributed by atoms with E-state index in [0.29, 0.717) is 0 Å². The van der Waals surface area contributed by atoms with Gasteiger partial charge < -0.3 is 10.2 Å². The van der Waals surface area contributed by atoms with E-state index in [-0.39, 0.29) is 0 Å². The molecule has 2 aliphatic rings. The van der Waals surface area contributed by atoms with Crippen LogP contribution in [0.25, 0.3) is 0 Å². The fraction of sp³-hybridized carbons (Fsp3) is 0.733. The number of likely N-dealkylation sites (tertiary alicyclic amines) is 1. The number of hydrogen-bond donors (Lipinski definition) is 1. The minimum absolute atomic E-state index is 0.802. The molecule has 3 heterocycles. The van der Waals surface area contributed by atoms with E-state index in [2.05, 4.69) is 49.5 Å². The summed E-state index contributed by atoms with van der Waals surface area (Å²) in [7, 11) is 2.32. The van der Waals surface area contributed by atoms with Crippen LogP contribution in [0.2, 0.25) is 0 Å². The smallest absolute Gasteiger partial charge is 0.0300 e. The molecule has 2 unspecified atom stereocenters. The molecule has 20 heavy (non-hydrogen) atoms. The van der Waals surface area contributed by atoms with Gasteiger partial charge in [0.1, 0.15) is 0 Å². The summed E-state index contributed by atoms with van der Waals surface area (Å²) in [6.07, 6.45) is 4.17. The Morgan fingerprint density at radius 3 is 3.00 bits per heavy atom. The third-order valence-electron chi connectivity index (χ3n) is 4.76. The second kappa shape index (κ2) is 6.88. The first-order chi connectivity index (χ1) is 9.72. The van der Waals surface area contributed by atoms with E-state index in [9.17, 15) is 0 Å². The average molecular weight is 358 g/mol. The number of hydrogen-bond acceptors (Lipinski definition) is 4. The molecule has 2 fully saturated rings. The molecule has 0 aliphatic carbocycles. The van der Waals surface area contributed by atoms with Crippen molar-refractivity contribution in [3.63, 3.8) is 0 Å². The highest BCUT2D eigenvalue weighted by Gasteiger charge is 2.34. The van der Waals surface area contributed by atoms with Gasteiger partial charge in [0.2, 0.25) is 0 Å². The molecule has 1 aromatic heterocycles. The maximum atomic E-state index is 3.57. The maximum absolute atomic E-state index is 3.57. The Kier molecular flexibility index (Phi) is 5.15. The van der Waals surface area contributed by atoms with Crippen molar-refractivity contribution in [2.24, 2.45) is 0 Å². The normalized spacial score (nSPS) is 27.9. The molecule has 0 radical (unpaired) electrons. The third-order valence-corrected chi connectivity index (χ3v) is 6.46. The minimum atomic E-state index is 0.802. The second-order valence-corrected chi connectivity index (χ2v) is 7.96. The molecule has 2 aliphatic heterocycles. The first kappa shape index (κ1) is 15.0. The van der Waals surface area contributed by atoms with E-state index < -0.39 is 0 Å². The largest absolute Gasteiger partial charge is 0.311 e. The van der Waals surface area contributed by atoms with Crippen LogP contribution in [0.3, 0.4) is 0 Å². The van der Waals surface area contributed by atoms with Crippen LogP contribution in [-0.2, 0) is 6.54 Å². The molecule has 1 aromatic rings.